The second-order valence-corrected chi connectivity index (χ2v) is 6.43. The second-order valence-electron chi connectivity index (χ2n) is 4.13. The molecule has 0 saturated carbocycles. The normalized spacial score (nSPS) is 11.4. The molecule has 1 N–H and O–H groups in total. The third-order valence-corrected chi connectivity index (χ3v) is 4.48. The molecule has 0 saturated heterocycles. The van der Waals surface area contributed by atoms with Crippen LogP contribution in [-0.4, -0.2) is 26.5 Å². The fraction of sp³-hybridized carbons (Fsp3) is 0.538. The lowest BCUT2D eigenvalue weighted by Crippen LogP contribution is -2.18. The van der Waals surface area contributed by atoms with E-state index in [1.807, 2.05) is 19.1 Å². The highest BCUT2D eigenvalue weighted by Crippen LogP contribution is 2.09. The van der Waals surface area contributed by atoms with Gasteiger partial charge in [0.1, 0.15) is 0 Å². The van der Waals surface area contributed by atoms with Crippen molar-refractivity contribution in [3.8, 4) is 0 Å². The van der Waals surface area contributed by atoms with Crippen molar-refractivity contribution in [3.05, 3.63) is 29.8 Å². The second kappa shape index (κ2) is 6.64. The molecular weight excluding hydrogens is 234 g/mol. The van der Waals surface area contributed by atoms with Crippen LogP contribution < -0.4 is 5.32 Å². The van der Waals surface area contributed by atoms with Gasteiger partial charge in [0.15, 0.2) is 9.84 Å². The van der Waals surface area contributed by atoms with Crippen molar-refractivity contribution >= 4 is 15.5 Å². The molecule has 0 heterocycles. The highest BCUT2D eigenvalue weighted by molar-refractivity contribution is 7.91. The molecule has 0 unspecified atom stereocenters. The van der Waals surface area contributed by atoms with Crippen molar-refractivity contribution < 1.29 is 8.42 Å². The molecule has 96 valence electrons. The molecule has 4 heteroatoms. The zero-order chi connectivity index (χ0) is 12.7. The van der Waals surface area contributed by atoms with Crippen LogP contribution in [0.2, 0.25) is 0 Å². The summed E-state index contributed by atoms with van der Waals surface area (Å²) in [4.78, 5) is 0. The highest BCUT2D eigenvalue weighted by atomic mass is 32.2. The van der Waals surface area contributed by atoms with Gasteiger partial charge in [0, 0.05) is 18.0 Å². The Balaban J connectivity index is 2.40. The minimum absolute atomic E-state index is 0.205. The number of benzene rings is 1. The molecular formula is C13H21NO2S. The minimum Gasteiger partial charge on any atom is -0.384 e. The predicted octanol–water partition coefficient (Wildman–Crippen LogP) is 2.49. The van der Waals surface area contributed by atoms with Gasteiger partial charge in [0.25, 0.3) is 0 Å². The van der Waals surface area contributed by atoms with Crippen LogP contribution in [0.4, 0.5) is 5.69 Å². The first-order valence-electron chi connectivity index (χ1n) is 6.10. The Morgan fingerprint density at radius 3 is 2.24 bits per heavy atom. The van der Waals surface area contributed by atoms with Crippen LogP contribution in [0.25, 0.3) is 0 Å². The number of sulfone groups is 1. The van der Waals surface area contributed by atoms with E-state index >= 15 is 0 Å². The van der Waals surface area contributed by atoms with Crippen molar-refractivity contribution in [1.82, 2.24) is 0 Å². The molecule has 0 aliphatic heterocycles. The van der Waals surface area contributed by atoms with Crippen LogP contribution in [0.5, 0.6) is 0 Å². The third-order valence-electron chi connectivity index (χ3n) is 2.62. The van der Waals surface area contributed by atoms with Crippen molar-refractivity contribution in [2.45, 2.75) is 26.7 Å². The van der Waals surface area contributed by atoms with Gasteiger partial charge in [0.05, 0.1) is 5.75 Å². The molecule has 0 aliphatic carbocycles. The van der Waals surface area contributed by atoms with E-state index < -0.39 is 9.84 Å². The van der Waals surface area contributed by atoms with Crippen LogP contribution in [0, 0.1) is 0 Å². The van der Waals surface area contributed by atoms with Crippen molar-refractivity contribution in [2.75, 3.05) is 23.4 Å². The van der Waals surface area contributed by atoms with E-state index in [4.69, 9.17) is 0 Å². The van der Waals surface area contributed by atoms with Gasteiger partial charge >= 0.3 is 0 Å². The zero-order valence-corrected chi connectivity index (χ0v) is 11.4. The first-order chi connectivity index (χ1) is 8.07. The largest absolute Gasteiger partial charge is 0.384 e. The summed E-state index contributed by atoms with van der Waals surface area (Å²) < 4.78 is 23.0. The van der Waals surface area contributed by atoms with E-state index in [-0.39, 0.29) is 11.5 Å². The maximum absolute atomic E-state index is 11.5. The molecule has 0 spiro atoms. The van der Waals surface area contributed by atoms with E-state index in [0.29, 0.717) is 13.0 Å². The van der Waals surface area contributed by atoms with E-state index in [9.17, 15) is 8.42 Å². The molecule has 0 bridgehead atoms. The van der Waals surface area contributed by atoms with Crippen LogP contribution in [0.1, 0.15) is 25.8 Å². The van der Waals surface area contributed by atoms with E-state index in [1.54, 1.807) is 0 Å². The van der Waals surface area contributed by atoms with Gasteiger partial charge in [-0.15, -0.1) is 0 Å². The van der Waals surface area contributed by atoms with Crippen LogP contribution in [-0.2, 0) is 16.3 Å². The molecule has 1 aromatic carbocycles. The van der Waals surface area contributed by atoms with Gasteiger partial charge in [-0.1, -0.05) is 26.0 Å². The molecule has 3 nitrogen and oxygen atoms in total. The van der Waals surface area contributed by atoms with Crippen molar-refractivity contribution in [3.63, 3.8) is 0 Å². The number of anilines is 1. The number of rotatable bonds is 7. The molecule has 1 aromatic rings. The van der Waals surface area contributed by atoms with E-state index in [2.05, 4.69) is 24.4 Å². The molecule has 0 atom stereocenters. The maximum Gasteiger partial charge on any atom is 0.152 e. The lowest BCUT2D eigenvalue weighted by molar-refractivity contribution is 0.595. The first-order valence-corrected chi connectivity index (χ1v) is 7.92. The standard InChI is InChI=1S/C13H21NO2S/c1-3-10-17(15,16)11-9-14-13-7-5-12(4-2)6-8-13/h5-8,14H,3-4,9-11H2,1-2H3. The maximum atomic E-state index is 11.5. The fourth-order valence-electron chi connectivity index (χ4n) is 1.62. The topological polar surface area (TPSA) is 46.2 Å². The van der Waals surface area contributed by atoms with E-state index in [0.717, 1.165) is 12.1 Å². The Kier molecular flexibility index (Phi) is 5.48. The summed E-state index contributed by atoms with van der Waals surface area (Å²) in [5, 5.41) is 3.13. The quantitative estimate of drug-likeness (QED) is 0.814. The first kappa shape index (κ1) is 14.0. The Labute approximate surface area is 104 Å². The average Bonchev–Trinajstić information content (AvgIpc) is 2.29. The molecule has 1 rings (SSSR count). The van der Waals surface area contributed by atoms with Crippen LogP contribution in [0.15, 0.2) is 24.3 Å². The summed E-state index contributed by atoms with van der Waals surface area (Å²) in [5.74, 6) is 0.486. The van der Waals surface area contributed by atoms with Crippen LogP contribution >= 0.6 is 0 Å². The molecule has 0 amide bonds. The van der Waals surface area contributed by atoms with Crippen molar-refractivity contribution in [2.24, 2.45) is 0 Å². The molecule has 0 aliphatic rings. The predicted molar refractivity (Wildman–Crippen MR) is 73.3 cm³/mol. The summed E-state index contributed by atoms with van der Waals surface area (Å²) in [6.07, 6.45) is 1.71. The summed E-state index contributed by atoms with van der Waals surface area (Å²) in [5.41, 5.74) is 2.27. The SMILES string of the molecule is CCCS(=O)(=O)CCNc1ccc(CC)cc1. The van der Waals surface area contributed by atoms with Gasteiger partial charge in [-0.2, -0.15) is 0 Å². The number of nitrogens with one attached hydrogen (secondary N) is 1. The number of hydrogen-bond donors (Lipinski definition) is 1. The monoisotopic (exact) mass is 255 g/mol. The highest BCUT2D eigenvalue weighted by Gasteiger charge is 2.08. The van der Waals surface area contributed by atoms with Crippen molar-refractivity contribution in [1.29, 1.82) is 0 Å². The Hall–Kier alpha value is -1.03. The fourth-order valence-corrected chi connectivity index (χ4v) is 2.86. The van der Waals surface area contributed by atoms with E-state index in [1.165, 1.54) is 5.56 Å². The average molecular weight is 255 g/mol. The summed E-state index contributed by atoms with van der Waals surface area (Å²) >= 11 is 0. The van der Waals surface area contributed by atoms with Gasteiger partial charge in [-0.05, 0) is 30.5 Å². The van der Waals surface area contributed by atoms with Gasteiger partial charge < -0.3 is 5.32 Å². The molecule has 0 aromatic heterocycles. The zero-order valence-electron chi connectivity index (χ0n) is 10.6. The smallest absolute Gasteiger partial charge is 0.152 e. The Morgan fingerprint density at radius 2 is 1.71 bits per heavy atom. The minimum atomic E-state index is -2.88. The molecule has 17 heavy (non-hydrogen) atoms. The third kappa shape index (κ3) is 5.22. The lowest BCUT2D eigenvalue weighted by Gasteiger charge is -2.07. The molecule has 0 radical (unpaired) electrons. The number of hydrogen-bond acceptors (Lipinski definition) is 3. The van der Waals surface area contributed by atoms with Crippen LogP contribution in [0.3, 0.4) is 0 Å². The summed E-state index contributed by atoms with van der Waals surface area (Å²) in [7, 11) is -2.88. The molecule has 0 fully saturated rings. The summed E-state index contributed by atoms with van der Waals surface area (Å²) in [6, 6.07) is 8.10. The van der Waals surface area contributed by atoms with Gasteiger partial charge in [0.2, 0.25) is 0 Å². The van der Waals surface area contributed by atoms with Gasteiger partial charge in [-0.3, -0.25) is 0 Å². The number of aryl methyl sites for hydroxylation is 1. The lowest BCUT2D eigenvalue weighted by atomic mass is 10.1. The summed E-state index contributed by atoms with van der Waals surface area (Å²) in [6.45, 7) is 4.47. The Morgan fingerprint density at radius 1 is 1.06 bits per heavy atom. The van der Waals surface area contributed by atoms with Gasteiger partial charge in [-0.25, -0.2) is 8.42 Å². The Bertz CT molecular complexity index is 423.